The van der Waals surface area contributed by atoms with Gasteiger partial charge in [0.05, 0.1) is 18.1 Å². The van der Waals surface area contributed by atoms with Crippen LogP contribution in [0.4, 0.5) is 5.69 Å². The third-order valence-electron chi connectivity index (χ3n) is 3.65. The molecule has 0 fully saturated rings. The second-order valence-corrected chi connectivity index (χ2v) is 4.92. The van der Waals surface area contributed by atoms with E-state index in [2.05, 4.69) is 0 Å². The van der Waals surface area contributed by atoms with E-state index in [1.54, 1.807) is 0 Å². The molecule has 0 atom stereocenters. The van der Waals surface area contributed by atoms with Crippen molar-refractivity contribution >= 4 is 18.0 Å². The summed E-state index contributed by atoms with van der Waals surface area (Å²) in [7, 11) is 1.43. The number of methoxy groups -OCH3 is 1. The fraction of sp³-hybridized carbons (Fsp3) is 0.267. The first-order valence-corrected chi connectivity index (χ1v) is 6.57. The van der Waals surface area contributed by atoms with E-state index in [4.69, 9.17) is 9.47 Å². The minimum Gasteiger partial charge on any atom is -0.493 e. The van der Waals surface area contributed by atoms with Crippen molar-refractivity contribution in [1.29, 1.82) is 0 Å². The molecule has 1 aromatic rings. The first kappa shape index (κ1) is 13.4. The first-order chi connectivity index (χ1) is 10.1. The van der Waals surface area contributed by atoms with Gasteiger partial charge in [-0.05, 0) is 30.9 Å². The highest BCUT2D eigenvalue weighted by Gasteiger charge is 2.28. The maximum Gasteiger partial charge on any atom is 0.274 e. The quantitative estimate of drug-likeness (QED) is 0.485. The Hall–Kier alpha value is -2.63. The Balaban J connectivity index is 2.19. The van der Waals surface area contributed by atoms with Crippen LogP contribution in [0.2, 0.25) is 0 Å². The third kappa shape index (κ3) is 2.18. The van der Waals surface area contributed by atoms with Gasteiger partial charge in [0.1, 0.15) is 12.0 Å². The molecule has 1 aromatic carbocycles. The van der Waals surface area contributed by atoms with Crippen LogP contribution in [-0.2, 0) is 4.79 Å². The lowest BCUT2D eigenvalue weighted by Gasteiger charge is -2.26. The van der Waals surface area contributed by atoms with Crippen LogP contribution < -0.4 is 9.47 Å². The lowest BCUT2D eigenvalue weighted by atomic mass is 9.90. The Kier molecular flexibility index (Phi) is 3.21. The lowest BCUT2D eigenvalue weighted by Crippen LogP contribution is -2.14. The fourth-order valence-corrected chi connectivity index (χ4v) is 2.66. The van der Waals surface area contributed by atoms with E-state index < -0.39 is 4.92 Å². The molecule has 21 heavy (non-hydrogen) atoms. The van der Waals surface area contributed by atoms with Gasteiger partial charge in [-0.2, -0.15) is 0 Å². The monoisotopic (exact) mass is 287 g/mol. The van der Waals surface area contributed by atoms with E-state index in [-0.39, 0.29) is 11.4 Å². The number of hydrogen-bond acceptors (Lipinski definition) is 5. The van der Waals surface area contributed by atoms with Gasteiger partial charge in [-0.25, -0.2) is 0 Å². The third-order valence-corrected chi connectivity index (χ3v) is 3.65. The number of fused-ring (bicyclic) bond motifs is 2. The van der Waals surface area contributed by atoms with Crippen molar-refractivity contribution in [1.82, 2.24) is 0 Å². The summed E-state index contributed by atoms with van der Waals surface area (Å²) in [5.74, 6) is 1.27. The van der Waals surface area contributed by atoms with Gasteiger partial charge >= 0.3 is 0 Å². The largest absolute Gasteiger partial charge is 0.493 e. The minimum absolute atomic E-state index is 0.0510. The molecule has 0 saturated carbocycles. The van der Waals surface area contributed by atoms with E-state index in [0.29, 0.717) is 29.1 Å². The predicted octanol–water partition coefficient (Wildman–Crippen LogP) is 3.02. The van der Waals surface area contributed by atoms with Crippen LogP contribution in [0.25, 0.3) is 6.08 Å². The Labute approximate surface area is 120 Å². The zero-order valence-corrected chi connectivity index (χ0v) is 11.4. The summed E-state index contributed by atoms with van der Waals surface area (Å²) in [5.41, 5.74) is 2.08. The summed E-state index contributed by atoms with van der Waals surface area (Å²) in [4.78, 5) is 21.6. The minimum atomic E-state index is -0.468. The number of allylic oxidation sites excluding steroid dienone is 2. The molecule has 3 rings (SSSR count). The standard InChI is InChI=1S/C15H13NO5/c1-20-13-7-12(16(18)19)6-11-5-9-3-2-4-10(8-17)14(9)21-15(11)13/h5-8H,2-4H2,1H3. The van der Waals surface area contributed by atoms with Crippen LogP contribution in [0.15, 0.2) is 29.0 Å². The van der Waals surface area contributed by atoms with E-state index in [0.717, 1.165) is 24.7 Å². The number of hydrogen-bond donors (Lipinski definition) is 0. The number of nitro benzene ring substituents is 1. The van der Waals surface area contributed by atoms with Crippen molar-refractivity contribution in [3.63, 3.8) is 0 Å². The highest BCUT2D eigenvalue weighted by atomic mass is 16.6. The smallest absolute Gasteiger partial charge is 0.274 e. The Morgan fingerprint density at radius 1 is 1.38 bits per heavy atom. The number of rotatable bonds is 3. The molecule has 108 valence electrons. The van der Waals surface area contributed by atoms with Gasteiger partial charge in [0.2, 0.25) is 0 Å². The van der Waals surface area contributed by atoms with Crippen LogP contribution in [-0.4, -0.2) is 18.3 Å². The van der Waals surface area contributed by atoms with Gasteiger partial charge in [-0.1, -0.05) is 0 Å². The molecule has 0 N–H and O–H groups in total. The van der Waals surface area contributed by atoms with Crippen molar-refractivity contribution in [2.45, 2.75) is 19.3 Å². The lowest BCUT2D eigenvalue weighted by molar-refractivity contribution is -0.385. The van der Waals surface area contributed by atoms with Crippen LogP contribution >= 0.6 is 0 Å². The van der Waals surface area contributed by atoms with Crippen LogP contribution in [0, 0.1) is 10.1 Å². The van der Waals surface area contributed by atoms with Gasteiger partial charge in [0, 0.05) is 17.2 Å². The van der Waals surface area contributed by atoms with Crippen LogP contribution in [0.5, 0.6) is 11.5 Å². The highest BCUT2D eigenvalue weighted by molar-refractivity contribution is 5.81. The molecule has 0 aromatic heterocycles. The molecule has 0 radical (unpaired) electrons. The number of nitro groups is 1. The van der Waals surface area contributed by atoms with E-state index >= 15 is 0 Å². The number of benzene rings is 1. The highest BCUT2D eigenvalue weighted by Crippen LogP contribution is 2.44. The van der Waals surface area contributed by atoms with E-state index in [1.165, 1.54) is 19.2 Å². The van der Waals surface area contributed by atoms with Gasteiger partial charge in [-0.15, -0.1) is 0 Å². The average Bonchev–Trinajstić information content (AvgIpc) is 2.51. The molecule has 0 bridgehead atoms. The van der Waals surface area contributed by atoms with Crippen molar-refractivity contribution in [2.24, 2.45) is 0 Å². The van der Waals surface area contributed by atoms with Crippen LogP contribution in [0.1, 0.15) is 24.8 Å². The van der Waals surface area contributed by atoms with Gasteiger partial charge < -0.3 is 9.47 Å². The zero-order valence-electron chi connectivity index (χ0n) is 11.4. The Bertz CT molecular complexity index is 702. The molecule has 6 nitrogen and oxygen atoms in total. The molecule has 2 aliphatic rings. The molecule has 1 aliphatic heterocycles. The molecule has 1 aliphatic carbocycles. The van der Waals surface area contributed by atoms with Crippen LogP contribution in [0.3, 0.4) is 0 Å². The number of aldehydes is 1. The predicted molar refractivity (Wildman–Crippen MR) is 75.2 cm³/mol. The molecule has 0 saturated heterocycles. The molecule has 0 amide bonds. The average molecular weight is 287 g/mol. The summed E-state index contributed by atoms with van der Waals surface area (Å²) < 4.78 is 11.0. The normalized spacial score (nSPS) is 16.3. The van der Waals surface area contributed by atoms with Gasteiger partial charge in [0.15, 0.2) is 11.5 Å². The number of carbonyl (C=O) groups excluding carboxylic acids is 1. The summed E-state index contributed by atoms with van der Waals surface area (Å²) in [6.45, 7) is 0. The maximum atomic E-state index is 11.1. The molecular formula is C15H13NO5. The number of ether oxygens (including phenoxy) is 2. The Morgan fingerprint density at radius 2 is 2.19 bits per heavy atom. The summed E-state index contributed by atoms with van der Waals surface area (Å²) in [5, 5.41) is 11.0. The maximum absolute atomic E-state index is 11.1. The fourth-order valence-electron chi connectivity index (χ4n) is 2.66. The van der Waals surface area contributed by atoms with Crippen molar-refractivity contribution in [3.8, 4) is 11.5 Å². The molecular weight excluding hydrogens is 274 g/mol. The summed E-state index contributed by atoms with van der Waals surface area (Å²) in [6.07, 6.45) is 4.99. The second-order valence-electron chi connectivity index (χ2n) is 4.92. The number of nitrogens with zero attached hydrogens (tertiary/aromatic N) is 1. The molecule has 6 heteroatoms. The van der Waals surface area contributed by atoms with E-state index in [9.17, 15) is 14.9 Å². The van der Waals surface area contributed by atoms with Gasteiger partial charge in [-0.3, -0.25) is 14.9 Å². The molecule has 1 heterocycles. The van der Waals surface area contributed by atoms with Crippen molar-refractivity contribution in [2.75, 3.05) is 7.11 Å². The number of carbonyl (C=O) groups is 1. The first-order valence-electron chi connectivity index (χ1n) is 6.57. The van der Waals surface area contributed by atoms with Crippen molar-refractivity contribution in [3.05, 3.63) is 44.7 Å². The number of non-ortho nitro benzene ring substituents is 1. The summed E-state index contributed by atoms with van der Waals surface area (Å²) >= 11 is 0. The molecule has 0 unspecified atom stereocenters. The topological polar surface area (TPSA) is 78.7 Å². The SMILES string of the molecule is COc1cc([N+](=O)[O-])cc2c1OC1=C(C=O)CCCC1=C2. The van der Waals surface area contributed by atoms with Crippen molar-refractivity contribution < 1.29 is 19.2 Å². The van der Waals surface area contributed by atoms with Gasteiger partial charge in [0.25, 0.3) is 5.69 Å². The zero-order chi connectivity index (χ0) is 15.0. The van der Waals surface area contributed by atoms with E-state index in [1.807, 2.05) is 6.08 Å². The summed E-state index contributed by atoms with van der Waals surface area (Å²) in [6, 6.07) is 2.78. The molecule has 0 spiro atoms. The second kappa shape index (κ2) is 5.05. The Morgan fingerprint density at radius 3 is 2.86 bits per heavy atom.